The first-order valence-corrected chi connectivity index (χ1v) is 9.52. The molecule has 6 nitrogen and oxygen atoms in total. The fourth-order valence-electron chi connectivity index (χ4n) is 4.05. The number of ether oxygens (including phenoxy) is 1. The third-order valence-electron chi connectivity index (χ3n) is 5.44. The molecule has 0 radical (unpaired) electrons. The van der Waals surface area contributed by atoms with Crippen molar-refractivity contribution in [2.75, 3.05) is 23.4 Å². The molecule has 0 bridgehead atoms. The van der Waals surface area contributed by atoms with E-state index in [1.165, 1.54) is 6.07 Å². The van der Waals surface area contributed by atoms with Crippen LogP contribution in [0.3, 0.4) is 0 Å². The minimum Gasteiger partial charge on any atom is -0.478 e. The molecule has 2 N–H and O–H groups in total. The zero-order valence-corrected chi connectivity index (χ0v) is 16.4. The topological polar surface area (TPSA) is 78.9 Å². The predicted molar refractivity (Wildman–Crippen MR) is 108 cm³/mol. The zero-order chi connectivity index (χ0) is 20.1. The quantitative estimate of drug-likeness (QED) is 0.771. The van der Waals surface area contributed by atoms with E-state index in [1.54, 1.807) is 4.90 Å². The Balaban J connectivity index is 1.74. The number of nitrogens with one attached hydrogen (secondary N) is 1. The van der Waals surface area contributed by atoms with E-state index < -0.39 is 5.97 Å². The Kier molecular flexibility index (Phi) is 4.46. The van der Waals surface area contributed by atoms with Crippen molar-refractivity contribution in [3.05, 3.63) is 58.1 Å². The molecule has 2 aliphatic heterocycles. The number of hydrogen-bond acceptors (Lipinski definition) is 4. The summed E-state index contributed by atoms with van der Waals surface area (Å²) in [6.45, 7) is 5.08. The molecular weight excluding hydrogens is 380 g/mol. The van der Waals surface area contributed by atoms with Crippen molar-refractivity contribution in [3.63, 3.8) is 0 Å². The van der Waals surface area contributed by atoms with Crippen LogP contribution < -0.4 is 10.2 Å². The van der Waals surface area contributed by atoms with Crippen molar-refractivity contribution < 1.29 is 19.4 Å². The summed E-state index contributed by atoms with van der Waals surface area (Å²) >= 11 is 6.17. The van der Waals surface area contributed by atoms with E-state index in [2.05, 4.69) is 19.2 Å². The van der Waals surface area contributed by atoms with Gasteiger partial charge in [0.25, 0.3) is 0 Å². The second kappa shape index (κ2) is 6.71. The lowest BCUT2D eigenvalue weighted by molar-refractivity contribution is 0.0697. The number of amides is 1. The van der Waals surface area contributed by atoms with Gasteiger partial charge in [0, 0.05) is 10.7 Å². The monoisotopic (exact) mass is 400 g/mol. The summed E-state index contributed by atoms with van der Waals surface area (Å²) in [4.78, 5) is 25.3. The van der Waals surface area contributed by atoms with Gasteiger partial charge in [0.2, 0.25) is 0 Å². The maximum absolute atomic E-state index is 11.9. The van der Waals surface area contributed by atoms with Crippen LogP contribution in [0.5, 0.6) is 0 Å². The Hall–Kier alpha value is -2.73. The Bertz CT molecular complexity index is 973. The second-order valence-corrected chi connectivity index (χ2v) is 8.26. The summed E-state index contributed by atoms with van der Waals surface area (Å²) in [7, 11) is 0. The molecule has 1 amide bonds. The Morgan fingerprint density at radius 2 is 2.11 bits per heavy atom. The minimum absolute atomic E-state index is 0.0969. The molecule has 146 valence electrons. The van der Waals surface area contributed by atoms with Gasteiger partial charge in [0.15, 0.2) is 0 Å². The van der Waals surface area contributed by atoms with E-state index in [-0.39, 0.29) is 23.1 Å². The third-order valence-corrected chi connectivity index (χ3v) is 5.66. The predicted octanol–water partition coefficient (Wildman–Crippen LogP) is 4.83. The fraction of sp³-hybridized carbons (Fsp3) is 0.333. The van der Waals surface area contributed by atoms with Gasteiger partial charge < -0.3 is 15.2 Å². The molecule has 28 heavy (non-hydrogen) atoms. The molecule has 7 heteroatoms. The number of carbonyl (C=O) groups is 2. The molecule has 4 rings (SSSR count). The van der Waals surface area contributed by atoms with Crippen LogP contribution in [0.25, 0.3) is 0 Å². The van der Waals surface area contributed by atoms with Crippen molar-refractivity contribution in [1.82, 2.24) is 0 Å². The molecule has 0 spiro atoms. The van der Waals surface area contributed by atoms with Crippen molar-refractivity contribution >= 4 is 35.0 Å². The minimum atomic E-state index is -1.02. The molecule has 1 saturated heterocycles. The maximum atomic E-state index is 11.9. The molecular formula is C21H21ClN2O4. The highest BCUT2D eigenvalue weighted by Crippen LogP contribution is 2.46. The van der Waals surface area contributed by atoms with Crippen LogP contribution in [0.4, 0.5) is 16.2 Å². The van der Waals surface area contributed by atoms with Crippen LogP contribution in [-0.4, -0.2) is 30.3 Å². The molecule has 1 fully saturated rings. The van der Waals surface area contributed by atoms with Gasteiger partial charge in [-0.3, -0.25) is 4.90 Å². The van der Waals surface area contributed by atoms with Gasteiger partial charge in [-0.25, -0.2) is 9.59 Å². The first kappa shape index (κ1) is 18.6. The highest BCUT2D eigenvalue weighted by Gasteiger charge is 2.36. The number of benzene rings is 2. The van der Waals surface area contributed by atoms with Crippen molar-refractivity contribution in [1.29, 1.82) is 0 Å². The van der Waals surface area contributed by atoms with Gasteiger partial charge in [0.1, 0.15) is 6.61 Å². The molecule has 1 unspecified atom stereocenters. The van der Waals surface area contributed by atoms with E-state index in [1.807, 2.05) is 30.3 Å². The summed E-state index contributed by atoms with van der Waals surface area (Å²) in [6, 6.07) is 10.9. The summed E-state index contributed by atoms with van der Waals surface area (Å²) in [5, 5.41) is 13.5. The Morgan fingerprint density at radius 1 is 1.32 bits per heavy atom. The molecule has 1 atom stereocenters. The summed E-state index contributed by atoms with van der Waals surface area (Å²) < 4.78 is 5.03. The van der Waals surface area contributed by atoms with Gasteiger partial charge in [-0.2, -0.15) is 0 Å². The standard InChI is InChI=1S/C21H21ClN2O4/c1-21(2)11-17(23-18-15(19(25)26)9-13(22)10-16(18)21)12-4-3-5-14(8-12)24-6-7-28-20(24)27/h3-5,8-10,17,23H,6-7,11H2,1-2H3,(H,25,26). The second-order valence-electron chi connectivity index (χ2n) is 7.83. The summed E-state index contributed by atoms with van der Waals surface area (Å²) in [5.74, 6) is -1.02. The van der Waals surface area contributed by atoms with Crippen LogP contribution in [0.15, 0.2) is 36.4 Å². The average Bonchev–Trinajstić information content (AvgIpc) is 3.07. The lowest BCUT2D eigenvalue weighted by atomic mass is 9.73. The van der Waals surface area contributed by atoms with E-state index in [0.29, 0.717) is 23.9 Å². The molecule has 2 aromatic rings. The van der Waals surface area contributed by atoms with Crippen LogP contribution in [0.2, 0.25) is 5.02 Å². The molecule has 2 aromatic carbocycles. The van der Waals surface area contributed by atoms with Crippen molar-refractivity contribution in [3.8, 4) is 0 Å². The number of nitrogens with zero attached hydrogens (tertiary/aromatic N) is 1. The van der Waals surface area contributed by atoms with Gasteiger partial charge in [-0.15, -0.1) is 0 Å². The molecule has 2 heterocycles. The Morgan fingerprint density at radius 3 is 2.79 bits per heavy atom. The number of cyclic esters (lactones) is 1. The molecule has 2 aliphatic rings. The first-order chi connectivity index (χ1) is 13.3. The number of carboxylic acids is 1. The van der Waals surface area contributed by atoms with Crippen LogP contribution >= 0.6 is 11.6 Å². The van der Waals surface area contributed by atoms with Gasteiger partial charge >= 0.3 is 12.1 Å². The summed E-state index contributed by atoms with van der Waals surface area (Å²) in [5.41, 5.74) is 3.15. The lowest BCUT2D eigenvalue weighted by Crippen LogP contribution is -2.32. The number of fused-ring (bicyclic) bond motifs is 1. The third kappa shape index (κ3) is 3.18. The smallest absolute Gasteiger partial charge is 0.414 e. The van der Waals surface area contributed by atoms with Gasteiger partial charge in [0.05, 0.1) is 23.8 Å². The number of rotatable bonds is 3. The highest BCUT2D eigenvalue weighted by atomic mass is 35.5. The first-order valence-electron chi connectivity index (χ1n) is 9.14. The van der Waals surface area contributed by atoms with E-state index in [9.17, 15) is 14.7 Å². The number of hydrogen-bond donors (Lipinski definition) is 2. The normalized spacial score (nSPS) is 20.3. The molecule has 0 saturated carbocycles. The zero-order valence-electron chi connectivity index (χ0n) is 15.7. The number of anilines is 2. The van der Waals surface area contributed by atoms with Crippen LogP contribution in [0, 0.1) is 0 Å². The van der Waals surface area contributed by atoms with E-state index in [4.69, 9.17) is 16.3 Å². The van der Waals surface area contributed by atoms with Gasteiger partial charge in [-0.1, -0.05) is 37.6 Å². The lowest BCUT2D eigenvalue weighted by Gasteiger charge is -2.40. The number of carboxylic acid groups (broad SMARTS) is 1. The fourth-order valence-corrected chi connectivity index (χ4v) is 4.27. The average molecular weight is 401 g/mol. The Labute approximate surface area is 168 Å². The molecule has 0 aromatic heterocycles. The van der Waals surface area contributed by atoms with Crippen molar-refractivity contribution in [2.24, 2.45) is 0 Å². The molecule has 0 aliphatic carbocycles. The SMILES string of the molecule is CC1(C)CC(c2cccc(N3CCOC3=O)c2)Nc2c(C(=O)O)cc(Cl)cc21. The largest absolute Gasteiger partial charge is 0.478 e. The highest BCUT2D eigenvalue weighted by molar-refractivity contribution is 6.31. The van der Waals surface area contributed by atoms with Crippen LogP contribution in [0.1, 0.15) is 47.8 Å². The number of halogens is 1. The number of aromatic carboxylic acids is 1. The van der Waals surface area contributed by atoms with Crippen LogP contribution in [-0.2, 0) is 10.2 Å². The van der Waals surface area contributed by atoms with Gasteiger partial charge in [-0.05, 0) is 47.2 Å². The maximum Gasteiger partial charge on any atom is 0.414 e. The van der Waals surface area contributed by atoms with E-state index in [0.717, 1.165) is 23.2 Å². The number of carbonyl (C=O) groups excluding carboxylic acids is 1. The summed E-state index contributed by atoms with van der Waals surface area (Å²) in [6.07, 6.45) is 0.412. The van der Waals surface area contributed by atoms with Crippen molar-refractivity contribution in [2.45, 2.75) is 31.7 Å². The van der Waals surface area contributed by atoms with E-state index >= 15 is 0 Å².